The number of hydrogen-bond acceptors (Lipinski definition) is 7. The molecule has 7 heteroatoms. The molecule has 2 aromatic heterocycles. The molecule has 0 aromatic carbocycles. The Balaban J connectivity index is 1.40. The summed E-state index contributed by atoms with van der Waals surface area (Å²) in [6.45, 7) is 7.16. The van der Waals surface area contributed by atoms with Crippen LogP contribution in [0.1, 0.15) is 11.5 Å². The highest BCUT2D eigenvalue weighted by Crippen LogP contribution is 2.34. The third-order valence-corrected chi connectivity index (χ3v) is 4.49. The number of nitrogens with zero attached hydrogens (tertiary/aromatic N) is 6. The van der Waals surface area contributed by atoms with Gasteiger partial charge >= 0.3 is 0 Å². The Bertz CT molecular complexity index is 602. The molecule has 0 saturated carbocycles. The first-order valence-corrected chi connectivity index (χ1v) is 7.29. The maximum Gasteiger partial charge on any atom is 0.240 e. The molecule has 110 valence electrons. The van der Waals surface area contributed by atoms with Crippen molar-refractivity contribution in [3.63, 3.8) is 0 Å². The van der Waals surface area contributed by atoms with Gasteiger partial charge in [0, 0.05) is 37.9 Å². The van der Waals surface area contributed by atoms with Gasteiger partial charge in [-0.2, -0.15) is 4.98 Å². The molecule has 2 saturated heterocycles. The maximum atomic E-state index is 5.09. The van der Waals surface area contributed by atoms with E-state index in [-0.39, 0.29) is 0 Å². The molecule has 2 aromatic rings. The quantitative estimate of drug-likeness (QED) is 0.824. The van der Waals surface area contributed by atoms with Crippen LogP contribution in [0.15, 0.2) is 23.4 Å². The van der Waals surface area contributed by atoms with Crippen LogP contribution >= 0.6 is 0 Å². The summed E-state index contributed by atoms with van der Waals surface area (Å²) in [6, 6.07) is 0. The van der Waals surface area contributed by atoms with E-state index < -0.39 is 0 Å². The molecule has 0 aliphatic carbocycles. The predicted molar refractivity (Wildman–Crippen MR) is 75.5 cm³/mol. The average molecular weight is 286 g/mol. The highest BCUT2D eigenvalue weighted by Gasteiger charge is 2.40. The molecule has 2 unspecified atom stereocenters. The molecule has 7 nitrogen and oxygen atoms in total. The summed E-state index contributed by atoms with van der Waals surface area (Å²) in [4.78, 5) is 17.4. The SMILES string of the molecule is Cc1cncnc1N1CC2CN(Cc3ncno3)CC2C1. The lowest BCUT2D eigenvalue weighted by Gasteiger charge is -2.22. The summed E-state index contributed by atoms with van der Waals surface area (Å²) in [5, 5.41) is 3.66. The van der Waals surface area contributed by atoms with E-state index in [4.69, 9.17) is 4.52 Å². The Morgan fingerprint density at radius 2 is 1.95 bits per heavy atom. The third kappa shape index (κ3) is 2.37. The van der Waals surface area contributed by atoms with E-state index >= 15 is 0 Å². The molecular weight excluding hydrogens is 268 g/mol. The zero-order chi connectivity index (χ0) is 14.2. The number of anilines is 1. The number of likely N-dealkylation sites (tertiary alicyclic amines) is 1. The zero-order valence-electron chi connectivity index (χ0n) is 12.0. The van der Waals surface area contributed by atoms with Gasteiger partial charge in [0.25, 0.3) is 0 Å². The van der Waals surface area contributed by atoms with Gasteiger partial charge in [-0.05, 0) is 18.8 Å². The summed E-state index contributed by atoms with van der Waals surface area (Å²) in [5.74, 6) is 3.19. The molecule has 2 aliphatic heterocycles. The normalized spacial score (nSPS) is 25.5. The lowest BCUT2D eigenvalue weighted by atomic mass is 10.0. The van der Waals surface area contributed by atoms with E-state index in [9.17, 15) is 0 Å². The second kappa shape index (κ2) is 5.07. The first-order chi connectivity index (χ1) is 10.3. The summed E-state index contributed by atoms with van der Waals surface area (Å²) in [5.41, 5.74) is 1.15. The number of aryl methyl sites for hydroxylation is 1. The minimum absolute atomic E-state index is 0.697. The van der Waals surface area contributed by atoms with Gasteiger partial charge in [-0.25, -0.2) is 9.97 Å². The molecule has 2 atom stereocenters. The van der Waals surface area contributed by atoms with Crippen molar-refractivity contribution < 1.29 is 4.52 Å². The van der Waals surface area contributed by atoms with Gasteiger partial charge in [0.1, 0.15) is 12.1 Å². The lowest BCUT2D eigenvalue weighted by Crippen LogP contribution is -2.29. The van der Waals surface area contributed by atoms with Gasteiger partial charge in [-0.3, -0.25) is 4.90 Å². The van der Waals surface area contributed by atoms with Crippen LogP contribution in [0.5, 0.6) is 0 Å². The summed E-state index contributed by atoms with van der Waals surface area (Å²) >= 11 is 0. The number of rotatable bonds is 3. The van der Waals surface area contributed by atoms with Crippen molar-refractivity contribution in [2.24, 2.45) is 11.8 Å². The second-order valence-corrected chi connectivity index (χ2v) is 5.98. The number of aromatic nitrogens is 4. The molecule has 0 radical (unpaired) electrons. The van der Waals surface area contributed by atoms with Crippen LogP contribution in [-0.4, -0.2) is 51.2 Å². The van der Waals surface area contributed by atoms with Crippen LogP contribution in [0.2, 0.25) is 0 Å². The van der Waals surface area contributed by atoms with E-state index in [1.165, 1.54) is 6.33 Å². The van der Waals surface area contributed by atoms with Crippen molar-refractivity contribution in [3.8, 4) is 0 Å². The molecule has 4 rings (SSSR count). The minimum Gasteiger partial charge on any atom is -0.356 e. The first kappa shape index (κ1) is 12.7. The number of hydrogen-bond donors (Lipinski definition) is 0. The van der Waals surface area contributed by atoms with Crippen LogP contribution in [0.3, 0.4) is 0 Å². The molecule has 2 fully saturated rings. The molecule has 21 heavy (non-hydrogen) atoms. The fourth-order valence-electron chi connectivity index (χ4n) is 3.57. The summed E-state index contributed by atoms with van der Waals surface area (Å²) in [7, 11) is 0. The van der Waals surface area contributed by atoms with E-state index in [2.05, 4.69) is 36.8 Å². The molecule has 0 spiro atoms. The smallest absolute Gasteiger partial charge is 0.240 e. The molecule has 0 bridgehead atoms. The Hall–Kier alpha value is -2.02. The standard InChI is InChI=1S/C14H18N6O/c1-10-2-15-8-17-14(10)20-5-11-3-19(4-12(11)6-20)7-13-16-9-18-21-13/h2,8-9,11-12H,3-7H2,1H3. The number of fused-ring (bicyclic) bond motifs is 1. The summed E-state index contributed by atoms with van der Waals surface area (Å²) < 4.78 is 5.09. The highest BCUT2D eigenvalue weighted by atomic mass is 16.5. The molecular formula is C14H18N6O. The molecule has 0 N–H and O–H groups in total. The van der Waals surface area contributed by atoms with Crippen LogP contribution in [0, 0.1) is 18.8 Å². The fourth-order valence-corrected chi connectivity index (χ4v) is 3.57. The van der Waals surface area contributed by atoms with Crippen LogP contribution < -0.4 is 4.90 Å². The van der Waals surface area contributed by atoms with Crippen LogP contribution in [-0.2, 0) is 6.54 Å². The predicted octanol–water partition coefficient (Wildman–Crippen LogP) is 0.736. The molecule has 4 heterocycles. The van der Waals surface area contributed by atoms with Crippen molar-refractivity contribution in [2.75, 3.05) is 31.1 Å². The van der Waals surface area contributed by atoms with Gasteiger partial charge in [-0.15, -0.1) is 0 Å². The summed E-state index contributed by atoms with van der Waals surface area (Å²) in [6.07, 6.45) is 4.99. The van der Waals surface area contributed by atoms with Crippen molar-refractivity contribution in [1.82, 2.24) is 25.0 Å². The van der Waals surface area contributed by atoms with Gasteiger partial charge in [0.2, 0.25) is 5.89 Å². The second-order valence-electron chi connectivity index (χ2n) is 5.98. The van der Waals surface area contributed by atoms with Gasteiger partial charge < -0.3 is 9.42 Å². The van der Waals surface area contributed by atoms with Crippen LogP contribution in [0.4, 0.5) is 5.82 Å². The topological polar surface area (TPSA) is 71.2 Å². The van der Waals surface area contributed by atoms with E-state index in [1.54, 1.807) is 6.33 Å². The van der Waals surface area contributed by atoms with Crippen molar-refractivity contribution >= 4 is 5.82 Å². The van der Waals surface area contributed by atoms with Crippen molar-refractivity contribution in [3.05, 3.63) is 30.3 Å². The largest absolute Gasteiger partial charge is 0.356 e. The van der Waals surface area contributed by atoms with E-state index in [0.717, 1.165) is 44.1 Å². The Labute approximate surface area is 123 Å². The van der Waals surface area contributed by atoms with Crippen LogP contribution in [0.25, 0.3) is 0 Å². The Morgan fingerprint density at radius 1 is 1.14 bits per heavy atom. The maximum absolute atomic E-state index is 5.09. The van der Waals surface area contributed by atoms with E-state index in [1.807, 2.05) is 6.20 Å². The monoisotopic (exact) mass is 286 g/mol. The minimum atomic E-state index is 0.697. The fraction of sp³-hybridized carbons (Fsp3) is 0.571. The lowest BCUT2D eigenvalue weighted by molar-refractivity contribution is 0.255. The zero-order valence-corrected chi connectivity index (χ0v) is 12.0. The first-order valence-electron chi connectivity index (χ1n) is 7.29. The Morgan fingerprint density at radius 3 is 2.62 bits per heavy atom. The third-order valence-electron chi connectivity index (χ3n) is 4.49. The van der Waals surface area contributed by atoms with Gasteiger partial charge in [0.15, 0.2) is 6.33 Å². The average Bonchev–Trinajstić information content (AvgIpc) is 3.15. The Kier molecular flexibility index (Phi) is 3.07. The highest BCUT2D eigenvalue weighted by molar-refractivity contribution is 5.46. The molecule has 2 aliphatic rings. The van der Waals surface area contributed by atoms with E-state index in [0.29, 0.717) is 17.7 Å². The van der Waals surface area contributed by atoms with Crippen molar-refractivity contribution in [2.45, 2.75) is 13.5 Å². The van der Waals surface area contributed by atoms with Gasteiger partial charge in [0.05, 0.1) is 6.54 Å². The van der Waals surface area contributed by atoms with Gasteiger partial charge in [-0.1, -0.05) is 5.16 Å². The van der Waals surface area contributed by atoms with Crippen molar-refractivity contribution in [1.29, 1.82) is 0 Å². The molecule has 0 amide bonds.